The monoisotopic (exact) mass is 287 g/mol. The van der Waals surface area contributed by atoms with Crippen LogP contribution in [0.1, 0.15) is 57.6 Å². The normalized spacial score (nSPS) is 24.0. The molecule has 3 rings (SSSR count). The maximum atomic E-state index is 4.75. The molecule has 0 unspecified atom stereocenters. The van der Waals surface area contributed by atoms with Gasteiger partial charge in [-0.3, -0.25) is 4.90 Å². The molecule has 21 heavy (non-hydrogen) atoms. The lowest BCUT2D eigenvalue weighted by Gasteiger charge is -2.38. The first-order valence-corrected chi connectivity index (χ1v) is 8.69. The first kappa shape index (κ1) is 14.8. The highest BCUT2D eigenvalue weighted by molar-refractivity contribution is 5.49. The van der Waals surface area contributed by atoms with Gasteiger partial charge in [-0.05, 0) is 44.2 Å². The zero-order valence-corrected chi connectivity index (χ0v) is 13.6. The molecule has 0 saturated carbocycles. The lowest BCUT2D eigenvalue weighted by Crippen LogP contribution is -2.37. The average molecular weight is 287 g/mol. The third kappa shape index (κ3) is 3.39. The smallest absolute Gasteiger partial charge is 0.133 e. The van der Waals surface area contributed by atoms with E-state index in [0.717, 1.165) is 5.92 Å². The van der Waals surface area contributed by atoms with Crippen molar-refractivity contribution in [2.75, 3.05) is 31.1 Å². The maximum absolute atomic E-state index is 4.75. The van der Waals surface area contributed by atoms with Crippen molar-refractivity contribution >= 4 is 5.82 Å². The van der Waals surface area contributed by atoms with Gasteiger partial charge in [-0.2, -0.15) is 0 Å². The molecule has 3 heteroatoms. The largest absolute Gasteiger partial charge is 0.356 e. The van der Waals surface area contributed by atoms with Gasteiger partial charge in [0.2, 0.25) is 0 Å². The molecule has 0 bridgehead atoms. The SMILES string of the molecule is CC(C)CN1CCCC[C@H]1c1cccnc1N1CCCC1. The fraction of sp³-hybridized carbons (Fsp3) is 0.722. The summed E-state index contributed by atoms with van der Waals surface area (Å²) >= 11 is 0. The number of anilines is 1. The van der Waals surface area contributed by atoms with E-state index in [1.165, 1.54) is 69.7 Å². The van der Waals surface area contributed by atoms with Gasteiger partial charge in [0, 0.05) is 37.4 Å². The predicted molar refractivity (Wildman–Crippen MR) is 88.7 cm³/mol. The predicted octanol–water partition coefficient (Wildman–Crippen LogP) is 3.86. The Labute approximate surface area is 129 Å². The zero-order chi connectivity index (χ0) is 14.7. The summed E-state index contributed by atoms with van der Waals surface area (Å²) < 4.78 is 0. The van der Waals surface area contributed by atoms with Gasteiger partial charge in [0.1, 0.15) is 5.82 Å². The van der Waals surface area contributed by atoms with Crippen molar-refractivity contribution < 1.29 is 0 Å². The molecule has 0 N–H and O–H groups in total. The quantitative estimate of drug-likeness (QED) is 0.838. The van der Waals surface area contributed by atoms with Gasteiger partial charge in [0.05, 0.1) is 0 Å². The molecule has 1 aromatic heterocycles. The minimum atomic E-state index is 0.574. The molecule has 2 saturated heterocycles. The number of piperidine rings is 1. The molecule has 0 amide bonds. The van der Waals surface area contributed by atoms with Crippen LogP contribution in [0.25, 0.3) is 0 Å². The summed E-state index contributed by atoms with van der Waals surface area (Å²) in [4.78, 5) is 9.95. The molecule has 3 nitrogen and oxygen atoms in total. The Kier molecular flexibility index (Phi) is 4.79. The van der Waals surface area contributed by atoms with Gasteiger partial charge in [0.15, 0.2) is 0 Å². The molecule has 2 aliphatic heterocycles. The van der Waals surface area contributed by atoms with Gasteiger partial charge in [0.25, 0.3) is 0 Å². The summed E-state index contributed by atoms with van der Waals surface area (Å²) in [6, 6.07) is 5.02. The van der Waals surface area contributed by atoms with Crippen molar-refractivity contribution in [1.29, 1.82) is 0 Å². The summed E-state index contributed by atoms with van der Waals surface area (Å²) in [6.07, 6.45) is 8.59. The van der Waals surface area contributed by atoms with Crippen molar-refractivity contribution in [3.8, 4) is 0 Å². The number of aromatic nitrogens is 1. The van der Waals surface area contributed by atoms with Crippen LogP contribution in [0, 0.1) is 5.92 Å². The second-order valence-electron chi connectivity index (χ2n) is 7.01. The molecule has 0 aromatic carbocycles. The molecule has 3 heterocycles. The molecule has 0 spiro atoms. The first-order valence-electron chi connectivity index (χ1n) is 8.69. The van der Waals surface area contributed by atoms with Crippen molar-refractivity contribution in [1.82, 2.24) is 9.88 Å². The molecule has 1 atom stereocenters. The van der Waals surface area contributed by atoms with Crippen LogP contribution in [-0.4, -0.2) is 36.1 Å². The average Bonchev–Trinajstić information content (AvgIpc) is 3.01. The highest BCUT2D eigenvalue weighted by atomic mass is 15.2. The number of pyridine rings is 1. The van der Waals surface area contributed by atoms with Crippen LogP contribution in [0.2, 0.25) is 0 Å². The third-order valence-electron chi connectivity index (χ3n) is 4.79. The van der Waals surface area contributed by atoms with E-state index in [0.29, 0.717) is 6.04 Å². The minimum Gasteiger partial charge on any atom is -0.356 e. The van der Waals surface area contributed by atoms with E-state index < -0.39 is 0 Å². The van der Waals surface area contributed by atoms with Crippen LogP contribution in [0.5, 0.6) is 0 Å². The van der Waals surface area contributed by atoms with E-state index in [1.54, 1.807) is 0 Å². The molecule has 0 aliphatic carbocycles. The van der Waals surface area contributed by atoms with Crippen molar-refractivity contribution in [3.63, 3.8) is 0 Å². The standard InChI is InChI=1S/C18H29N3/c1-15(2)14-21-13-4-3-9-17(21)16-8-7-10-19-18(16)20-11-5-6-12-20/h7-8,10,15,17H,3-6,9,11-14H2,1-2H3/t17-/m0/s1. The summed E-state index contributed by atoms with van der Waals surface area (Å²) in [5, 5.41) is 0. The zero-order valence-electron chi connectivity index (χ0n) is 13.6. The molecule has 2 aliphatic rings. The van der Waals surface area contributed by atoms with Crippen LogP contribution in [0.15, 0.2) is 18.3 Å². The molecular formula is C18H29N3. The van der Waals surface area contributed by atoms with Gasteiger partial charge in [-0.1, -0.05) is 26.3 Å². The summed E-state index contributed by atoms with van der Waals surface area (Å²) in [7, 11) is 0. The van der Waals surface area contributed by atoms with Gasteiger partial charge >= 0.3 is 0 Å². The molecular weight excluding hydrogens is 258 g/mol. The van der Waals surface area contributed by atoms with E-state index in [9.17, 15) is 0 Å². The number of hydrogen-bond acceptors (Lipinski definition) is 3. The van der Waals surface area contributed by atoms with Crippen LogP contribution in [0.4, 0.5) is 5.82 Å². The Bertz CT molecular complexity index is 452. The van der Waals surface area contributed by atoms with Crippen LogP contribution in [0.3, 0.4) is 0 Å². The summed E-state index contributed by atoms with van der Waals surface area (Å²) in [5.41, 5.74) is 1.47. The van der Waals surface area contributed by atoms with Crippen LogP contribution >= 0.6 is 0 Å². The first-order chi connectivity index (χ1) is 10.3. The van der Waals surface area contributed by atoms with Gasteiger partial charge in [-0.15, -0.1) is 0 Å². The second-order valence-corrected chi connectivity index (χ2v) is 7.01. The highest BCUT2D eigenvalue weighted by Gasteiger charge is 2.28. The van der Waals surface area contributed by atoms with Crippen molar-refractivity contribution in [3.05, 3.63) is 23.9 Å². The summed E-state index contributed by atoms with van der Waals surface area (Å²) in [5.74, 6) is 1.99. The highest BCUT2D eigenvalue weighted by Crippen LogP contribution is 2.36. The maximum Gasteiger partial charge on any atom is 0.133 e. The fourth-order valence-electron chi connectivity index (χ4n) is 3.89. The van der Waals surface area contributed by atoms with E-state index in [4.69, 9.17) is 4.98 Å². The third-order valence-corrected chi connectivity index (χ3v) is 4.79. The number of nitrogens with zero attached hydrogens (tertiary/aromatic N) is 3. The number of likely N-dealkylation sites (tertiary alicyclic amines) is 1. The van der Waals surface area contributed by atoms with E-state index in [-0.39, 0.29) is 0 Å². The van der Waals surface area contributed by atoms with Crippen molar-refractivity contribution in [2.45, 2.75) is 52.0 Å². The molecule has 1 aromatic rings. The van der Waals surface area contributed by atoms with E-state index in [1.807, 2.05) is 6.20 Å². The Morgan fingerprint density at radius 1 is 1.14 bits per heavy atom. The lowest BCUT2D eigenvalue weighted by atomic mass is 9.94. The summed E-state index contributed by atoms with van der Waals surface area (Å²) in [6.45, 7) is 9.48. The van der Waals surface area contributed by atoms with Gasteiger partial charge in [-0.25, -0.2) is 4.98 Å². The lowest BCUT2D eigenvalue weighted by molar-refractivity contribution is 0.132. The second kappa shape index (κ2) is 6.78. The Morgan fingerprint density at radius 2 is 1.90 bits per heavy atom. The molecule has 0 radical (unpaired) electrons. The Morgan fingerprint density at radius 3 is 2.67 bits per heavy atom. The Balaban J connectivity index is 1.86. The number of hydrogen-bond donors (Lipinski definition) is 0. The Hall–Kier alpha value is -1.09. The fourth-order valence-corrected chi connectivity index (χ4v) is 3.89. The topological polar surface area (TPSA) is 19.4 Å². The van der Waals surface area contributed by atoms with E-state index >= 15 is 0 Å². The van der Waals surface area contributed by atoms with E-state index in [2.05, 4.69) is 35.8 Å². The number of rotatable bonds is 4. The van der Waals surface area contributed by atoms with Crippen LogP contribution < -0.4 is 4.90 Å². The van der Waals surface area contributed by atoms with Gasteiger partial charge < -0.3 is 4.90 Å². The van der Waals surface area contributed by atoms with Crippen LogP contribution in [-0.2, 0) is 0 Å². The molecule has 116 valence electrons. The van der Waals surface area contributed by atoms with Crippen molar-refractivity contribution in [2.24, 2.45) is 5.92 Å². The molecule has 2 fully saturated rings. The minimum absolute atomic E-state index is 0.574.